The third-order valence-electron chi connectivity index (χ3n) is 4.15. The first kappa shape index (κ1) is 17.4. The van der Waals surface area contributed by atoms with Crippen molar-refractivity contribution in [3.05, 3.63) is 0 Å². The molecule has 1 aliphatic heterocycles. The largest absolute Gasteiger partial charge is 0.468 e. The van der Waals surface area contributed by atoms with E-state index in [0.717, 1.165) is 39.1 Å². The van der Waals surface area contributed by atoms with Crippen LogP contribution in [0.2, 0.25) is 0 Å². The number of hydrogen-bond acceptors (Lipinski definition) is 5. The van der Waals surface area contributed by atoms with E-state index in [0.29, 0.717) is 6.04 Å². The molecule has 0 bridgehead atoms. The van der Waals surface area contributed by atoms with Crippen molar-refractivity contribution in [2.75, 3.05) is 33.4 Å². The van der Waals surface area contributed by atoms with Crippen LogP contribution in [0.25, 0.3) is 0 Å². The summed E-state index contributed by atoms with van der Waals surface area (Å²) in [5.74, 6) is -0.186. The highest BCUT2D eigenvalue weighted by Gasteiger charge is 2.35. The van der Waals surface area contributed by atoms with Crippen LogP contribution in [-0.4, -0.2) is 61.9 Å². The van der Waals surface area contributed by atoms with Crippen LogP contribution >= 0.6 is 0 Å². The molecule has 118 valence electrons. The number of morpholine rings is 1. The third kappa shape index (κ3) is 4.43. The van der Waals surface area contributed by atoms with Crippen LogP contribution in [0.5, 0.6) is 0 Å². The van der Waals surface area contributed by atoms with Crippen LogP contribution in [0.1, 0.15) is 40.5 Å². The van der Waals surface area contributed by atoms with Crippen LogP contribution in [0.4, 0.5) is 0 Å². The van der Waals surface area contributed by atoms with Crippen LogP contribution < -0.4 is 5.32 Å². The molecule has 1 aliphatic rings. The topological polar surface area (TPSA) is 50.8 Å². The lowest BCUT2D eigenvalue weighted by Gasteiger charge is -2.40. The minimum absolute atomic E-state index is 0.186. The van der Waals surface area contributed by atoms with Gasteiger partial charge < -0.3 is 14.8 Å². The SMILES string of the molecule is CCNC(C)(CCN1CC(C)OCC1CC)C(=O)OC. The van der Waals surface area contributed by atoms with Crippen molar-refractivity contribution < 1.29 is 14.3 Å². The molecule has 5 heteroatoms. The maximum atomic E-state index is 12.0. The summed E-state index contributed by atoms with van der Waals surface area (Å²) in [4.78, 5) is 14.4. The van der Waals surface area contributed by atoms with E-state index in [2.05, 4.69) is 24.1 Å². The third-order valence-corrected chi connectivity index (χ3v) is 4.15. The van der Waals surface area contributed by atoms with Crippen molar-refractivity contribution in [1.82, 2.24) is 10.2 Å². The van der Waals surface area contributed by atoms with Gasteiger partial charge in [0.05, 0.1) is 19.8 Å². The van der Waals surface area contributed by atoms with Gasteiger partial charge in [0.1, 0.15) is 5.54 Å². The second-order valence-electron chi connectivity index (χ2n) is 5.80. The average molecular weight is 286 g/mol. The quantitative estimate of drug-likeness (QED) is 0.717. The molecular weight excluding hydrogens is 256 g/mol. The molecule has 0 aromatic carbocycles. The zero-order chi connectivity index (χ0) is 15.2. The number of carbonyl (C=O) groups excluding carboxylic acids is 1. The molecule has 20 heavy (non-hydrogen) atoms. The first-order valence-corrected chi connectivity index (χ1v) is 7.65. The second-order valence-corrected chi connectivity index (χ2v) is 5.80. The lowest BCUT2D eigenvalue weighted by atomic mass is 9.96. The van der Waals surface area contributed by atoms with Crippen LogP contribution in [0, 0.1) is 0 Å². The molecule has 1 fully saturated rings. The lowest BCUT2D eigenvalue weighted by molar-refractivity contribution is -0.148. The summed E-state index contributed by atoms with van der Waals surface area (Å²) in [6, 6.07) is 0.453. The van der Waals surface area contributed by atoms with Gasteiger partial charge in [-0.05, 0) is 33.2 Å². The van der Waals surface area contributed by atoms with Gasteiger partial charge in [0.15, 0.2) is 0 Å². The Labute approximate surface area is 123 Å². The Kier molecular flexibility index (Phi) is 6.92. The van der Waals surface area contributed by atoms with Crippen molar-refractivity contribution >= 4 is 5.97 Å². The van der Waals surface area contributed by atoms with E-state index in [4.69, 9.17) is 9.47 Å². The smallest absolute Gasteiger partial charge is 0.325 e. The van der Waals surface area contributed by atoms with Crippen LogP contribution in [-0.2, 0) is 14.3 Å². The fraction of sp³-hybridized carbons (Fsp3) is 0.933. The van der Waals surface area contributed by atoms with Gasteiger partial charge in [0, 0.05) is 19.1 Å². The van der Waals surface area contributed by atoms with Crippen molar-refractivity contribution in [2.45, 2.75) is 58.2 Å². The molecule has 0 spiro atoms. The minimum atomic E-state index is -0.608. The van der Waals surface area contributed by atoms with Gasteiger partial charge in [-0.15, -0.1) is 0 Å². The van der Waals surface area contributed by atoms with E-state index in [9.17, 15) is 4.79 Å². The predicted molar refractivity (Wildman–Crippen MR) is 79.8 cm³/mol. The van der Waals surface area contributed by atoms with Crippen LogP contribution in [0.15, 0.2) is 0 Å². The Hall–Kier alpha value is -0.650. The monoisotopic (exact) mass is 286 g/mol. The van der Waals surface area contributed by atoms with E-state index in [1.54, 1.807) is 0 Å². The van der Waals surface area contributed by atoms with Gasteiger partial charge in [-0.3, -0.25) is 9.69 Å². The Balaban J connectivity index is 2.63. The first-order valence-electron chi connectivity index (χ1n) is 7.65. The molecule has 3 atom stereocenters. The Bertz CT molecular complexity index is 311. The van der Waals surface area contributed by atoms with Crippen molar-refractivity contribution in [3.63, 3.8) is 0 Å². The molecule has 0 radical (unpaired) electrons. The van der Waals surface area contributed by atoms with Crippen LogP contribution in [0.3, 0.4) is 0 Å². The summed E-state index contributed by atoms with van der Waals surface area (Å²) in [7, 11) is 1.45. The van der Waals surface area contributed by atoms with Crippen molar-refractivity contribution in [3.8, 4) is 0 Å². The maximum absolute atomic E-state index is 12.0. The van der Waals surface area contributed by atoms with Gasteiger partial charge in [-0.2, -0.15) is 0 Å². The Morgan fingerprint density at radius 1 is 1.50 bits per heavy atom. The van der Waals surface area contributed by atoms with Gasteiger partial charge in [0.2, 0.25) is 0 Å². The predicted octanol–water partition coefficient (Wildman–Crippen LogP) is 1.42. The highest BCUT2D eigenvalue weighted by Crippen LogP contribution is 2.19. The molecule has 0 amide bonds. The van der Waals surface area contributed by atoms with Crippen molar-refractivity contribution in [1.29, 1.82) is 0 Å². The number of esters is 1. The number of carbonyl (C=O) groups is 1. The van der Waals surface area contributed by atoms with Gasteiger partial charge in [-0.25, -0.2) is 0 Å². The second kappa shape index (κ2) is 7.96. The van der Waals surface area contributed by atoms with E-state index in [1.165, 1.54) is 7.11 Å². The molecule has 1 rings (SSSR count). The molecule has 0 saturated carbocycles. The summed E-state index contributed by atoms with van der Waals surface area (Å²) in [6.45, 7) is 11.6. The highest BCUT2D eigenvalue weighted by molar-refractivity contribution is 5.80. The number of hydrogen-bond donors (Lipinski definition) is 1. The summed E-state index contributed by atoms with van der Waals surface area (Å²) < 4.78 is 10.6. The zero-order valence-electron chi connectivity index (χ0n) is 13.6. The lowest BCUT2D eigenvalue weighted by Crippen LogP contribution is -2.55. The summed E-state index contributed by atoms with van der Waals surface area (Å²) in [5.41, 5.74) is -0.608. The van der Waals surface area contributed by atoms with E-state index in [1.807, 2.05) is 13.8 Å². The average Bonchev–Trinajstić information content (AvgIpc) is 2.44. The van der Waals surface area contributed by atoms with Gasteiger partial charge >= 0.3 is 5.97 Å². The molecule has 1 N–H and O–H groups in total. The number of rotatable bonds is 7. The molecule has 0 aromatic rings. The number of likely N-dealkylation sites (N-methyl/N-ethyl adjacent to an activating group) is 1. The standard InChI is InChI=1S/C15H30N2O3/c1-6-13-11-20-12(3)10-17(13)9-8-15(4,16-7-2)14(18)19-5/h12-13,16H,6-11H2,1-5H3. The normalized spacial score (nSPS) is 27.1. The molecule has 1 saturated heterocycles. The summed E-state index contributed by atoms with van der Waals surface area (Å²) >= 11 is 0. The minimum Gasteiger partial charge on any atom is -0.468 e. The van der Waals surface area contributed by atoms with E-state index >= 15 is 0 Å². The van der Waals surface area contributed by atoms with E-state index < -0.39 is 5.54 Å². The molecule has 1 heterocycles. The van der Waals surface area contributed by atoms with Crippen molar-refractivity contribution in [2.24, 2.45) is 0 Å². The van der Waals surface area contributed by atoms with E-state index in [-0.39, 0.29) is 12.1 Å². The Morgan fingerprint density at radius 3 is 2.75 bits per heavy atom. The fourth-order valence-corrected chi connectivity index (χ4v) is 2.81. The molecule has 5 nitrogen and oxygen atoms in total. The molecule has 3 unspecified atom stereocenters. The fourth-order valence-electron chi connectivity index (χ4n) is 2.81. The molecular formula is C15H30N2O3. The molecule has 0 aromatic heterocycles. The number of nitrogens with zero attached hydrogens (tertiary/aromatic N) is 1. The Morgan fingerprint density at radius 2 is 2.20 bits per heavy atom. The number of nitrogens with one attached hydrogen (secondary N) is 1. The maximum Gasteiger partial charge on any atom is 0.325 e. The zero-order valence-corrected chi connectivity index (χ0v) is 13.6. The summed E-state index contributed by atoms with van der Waals surface area (Å²) in [5, 5.41) is 3.26. The first-order chi connectivity index (χ1) is 9.46. The highest BCUT2D eigenvalue weighted by atomic mass is 16.5. The molecule has 0 aliphatic carbocycles. The van der Waals surface area contributed by atoms with Gasteiger partial charge in [0.25, 0.3) is 0 Å². The van der Waals surface area contributed by atoms with Gasteiger partial charge in [-0.1, -0.05) is 13.8 Å². The number of methoxy groups -OCH3 is 1. The number of ether oxygens (including phenoxy) is 2. The summed E-state index contributed by atoms with van der Waals surface area (Å²) in [6.07, 6.45) is 2.08.